The van der Waals surface area contributed by atoms with Gasteiger partial charge in [0.25, 0.3) is 7.48 Å². The molecule has 0 saturated carbocycles. The quantitative estimate of drug-likeness (QED) is 0.427. The third-order valence-electron chi connectivity index (χ3n) is 3.02. The molecule has 82 valence electrons. The van der Waals surface area contributed by atoms with Gasteiger partial charge in [0, 0.05) is 0 Å². The molecule has 0 heterocycles. The molecule has 2 heteroatoms. The minimum atomic E-state index is 0.229. The Bertz CT molecular complexity index is 147. The first-order valence-corrected chi connectivity index (χ1v) is 5.91. The Hall–Kier alpha value is -0.235. The topological polar surface area (TPSA) is 9.23 Å². The van der Waals surface area contributed by atoms with Crippen LogP contribution in [0.4, 0.5) is 0 Å². The largest absolute Gasteiger partial charge is 0.434 e. The molecule has 0 aromatic carbocycles. The van der Waals surface area contributed by atoms with Gasteiger partial charge in [-0.25, -0.2) is 0 Å². The summed E-state index contributed by atoms with van der Waals surface area (Å²) in [5.41, 5.74) is 0. The van der Waals surface area contributed by atoms with Gasteiger partial charge in [-0.3, -0.25) is 0 Å². The zero-order chi connectivity index (χ0) is 11.0. The fourth-order valence-electron chi connectivity index (χ4n) is 1.74. The van der Waals surface area contributed by atoms with E-state index < -0.39 is 0 Å². The maximum absolute atomic E-state index is 5.64. The van der Waals surface area contributed by atoms with Gasteiger partial charge in [-0.05, 0) is 11.8 Å². The molecule has 0 spiro atoms. The second kappa shape index (κ2) is 8.10. The van der Waals surface area contributed by atoms with Crippen LogP contribution in [0.3, 0.4) is 0 Å². The van der Waals surface area contributed by atoms with Crippen molar-refractivity contribution >= 4 is 7.48 Å². The van der Waals surface area contributed by atoms with E-state index in [0.717, 1.165) is 13.4 Å². The van der Waals surface area contributed by atoms with Crippen LogP contribution in [-0.2, 0) is 4.65 Å². The lowest BCUT2D eigenvalue weighted by molar-refractivity contribution is 0.153. The van der Waals surface area contributed by atoms with E-state index in [1.165, 1.54) is 19.3 Å². The fourth-order valence-corrected chi connectivity index (χ4v) is 1.74. The first kappa shape index (κ1) is 13.8. The van der Waals surface area contributed by atoms with Crippen molar-refractivity contribution < 1.29 is 4.65 Å². The fraction of sp³-hybridized carbons (Fsp3) is 0.833. The summed E-state index contributed by atoms with van der Waals surface area (Å²) in [6.07, 6.45) is 6.07. The highest BCUT2D eigenvalue weighted by molar-refractivity contribution is 6.24. The van der Waals surface area contributed by atoms with E-state index in [1.54, 1.807) is 0 Å². The van der Waals surface area contributed by atoms with Crippen LogP contribution in [-0.4, -0.2) is 13.6 Å². The standard InChI is InChI=1S/C12H25BO/c1-6-8-9-10(3)11(4)12(7-2)14-13-5/h7,10-13H,2,6,8-9H2,1,3-5H3. The lowest BCUT2D eigenvalue weighted by Gasteiger charge is -2.26. The van der Waals surface area contributed by atoms with Crippen LogP contribution >= 0.6 is 0 Å². The predicted octanol–water partition coefficient (Wildman–Crippen LogP) is 3.42. The molecule has 0 aliphatic carbocycles. The summed E-state index contributed by atoms with van der Waals surface area (Å²) in [4.78, 5) is 0. The second-order valence-electron chi connectivity index (χ2n) is 4.13. The molecule has 0 amide bonds. The molecule has 0 saturated heterocycles. The Morgan fingerprint density at radius 3 is 2.50 bits per heavy atom. The molecule has 3 unspecified atom stereocenters. The first-order valence-electron chi connectivity index (χ1n) is 5.91. The number of hydrogen-bond acceptors (Lipinski definition) is 1. The highest BCUT2D eigenvalue weighted by Crippen LogP contribution is 2.23. The van der Waals surface area contributed by atoms with Gasteiger partial charge in [0.05, 0.1) is 6.10 Å². The average Bonchev–Trinajstić information content (AvgIpc) is 2.21. The van der Waals surface area contributed by atoms with Crippen LogP contribution in [0.2, 0.25) is 6.82 Å². The van der Waals surface area contributed by atoms with E-state index in [2.05, 4.69) is 27.4 Å². The Kier molecular flexibility index (Phi) is 7.97. The zero-order valence-electron chi connectivity index (χ0n) is 10.3. The minimum Gasteiger partial charge on any atom is -0.434 e. The highest BCUT2D eigenvalue weighted by Gasteiger charge is 2.19. The number of rotatable bonds is 8. The molecule has 0 aliphatic heterocycles. The third kappa shape index (κ3) is 4.85. The van der Waals surface area contributed by atoms with Crippen LogP contribution in [0, 0.1) is 11.8 Å². The average molecular weight is 196 g/mol. The Morgan fingerprint density at radius 1 is 1.43 bits per heavy atom. The van der Waals surface area contributed by atoms with Crippen molar-refractivity contribution in [2.75, 3.05) is 0 Å². The second-order valence-corrected chi connectivity index (χ2v) is 4.13. The van der Waals surface area contributed by atoms with Crippen LogP contribution in [0.15, 0.2) is 12.7 Å². The molecule has 0 aliphatic rings. The van der Waals surface area contributed by atoms with E-state index >= 15 is 0 Å². The van der Waals surface area contributed by atoms with Crippen LogP contribution in [0.1, 0.15) is 40.0 Å². The lowest BCUT2D eigenvalue weighted by Crippen LogP contribution is -2.25. The molecular formula is C12H25BO. The lowest BCUT2D eigenvalue weighted by atomic mass is 9.86. The monoisotopic (exact) mass is 196 g/mol. The van der Waals surface area contributed by atoms with Crippen molar-refractivity contribution in [2.45, 2.75) is 53.0 Å². The Morgan fingerprint density at radius 2 is 2.07 bits per heavy atom. The van der Waals surface area contributed by atoms with Gasteiger partial charge in [0.1, 0.15) is 0 Å². The van der Waals surface area contributed by atoms with Gasteiger partial charge in [0.15, 0.2) is 0 Å². The van der Waals surface area contributed by atoms with Gasteiger partial charge in [-0.1, -0.05) is 52.9 Å². The van der Waals surface area contributed by atoms with E-state index in [1.807, 2.05) is 12.9 Å². The highest BCUT2D eigenvalue weighted by atomic mass is 16.4. The van der Waals surface area contributed by atoms with Crippen LogP contribution < -0.4 is 0 Å². The van der Waals surface area contributed by atoms with Gasteiger partial charge >= 0.3 is 0 Å². The summed E-state index contributed by atoms with van der Waals surface area (Å²) in [5, 5.41) is 0. The molecule has 0 N–H and O–H groups in total. The Balaban J connectivity index is 3.97. The molecule has 0 rings (SSSR count). The number of hydrogen-bond donors (Lipinski definition) is 0. The predicted molar refractivity (Wildman–Crippen MR) is 65.9 cm³/mol. The summed E-state index contributed by atoms with van der Waals surface area (Å²) in [7, 11) is 0.779. The van der Waals surface area contributed by atoms with Gasteiger partial charge in [-0.15, -0.1) is 6.58 Å². The summed E-state index contributed by atoms with van der Waals surface area (Å²) in [5.74, 6) is 1.31. The molecule has 3 atom stereocenters. The zero-order valence-corrected chi connectivity index (χ0v) is 10.3. The smallest absolute Gasteiger partial charge is 0.272 e. The van der Waals surface area contributed by atoms with E-state index in [4.69, 9.17) is 4.65 Å². The van der Waals surface area contributed by atoms with Crippen molar-refractivity contribution in [3.05, 3.63) is 12.7 Å². The molecule has 14 heavy (non-hydrogen) atoms. The summed E-state index contributed by atoms with van der Waals surface area (Å²) < 4.78 is 5.64. The van der Waals surface area contributed by atoms with Gasteiger partial charge < -0.3 is 4.65 Å². The SMILES string of the molecule is C=CC(OBC)C(C)C(C)CCCC. The van der Waals surface area contributed by atoms with Gasteiger partial charge in [-0.2, -0.15) is 0 Å². The molecule has 0 aromatic heterocycles. The van der Waals surface area contributed by atoms with Crippen molar-refractivity contribution in [2.24, 2.45) is 11.8 Å². The normalized spacial score (nSPS) is 17.1. The van der Waals surface area contributed by atoms with Crippen molar-refractivity contribution in [3.8, 4) is 0 Å². The summed E-state index contributed by atoms with van der Waals surface area (Å²) in [6, 6.07) is 0. The molecule has 0 aromatic rings. The molecular weight excluding hydrogens is 171 g/mol. The van der Waals surface area contributed by atoms with Crippen molar-refractivity contribution in [1.29, 1.82) is 0 Å². The maximum Gasteiger partial charge on any atom is 0.272 e. The minimum absolute atomic E-state index is 0.229. The van der Waals surface area contributed by atoms with Gasteiger partial charge in [0.2, 0.25) is 0 Å². The third-order valence-corrected chi connectivity index (χ3v) is 3.02. The molecule has 0 bridgehead atoms. The van der Waals surface area contributed by atoms with Crippen LogP contribution in [0.5, 0.6) is 0 Å². The molecule has 0 fully saturated rings. The van der Waals surface area contributed by atoms with E-state index in [0.29, 0.717) is 5.92 Å². The summed E-state index contributed by atoms with van der Waals surface area (Å²) in [6.45, 7) is 12.7. The molecule has 1 nitrogen and oxygen atoms in total. The number of unbranched alkanes of at least 4 members (excludes halogenated alkanes) is 1. The van der Waals surface area contributed by atoms with E-state index in [9.17, 15) is 0 Å². The van der Waals surface area contributed by atoms with Crippen molar-refractivity contribution in [3.63, 3.8) is 0 Å². The maximum atomic E-state index is 5.64. The summed E-state index contributed by atoms with van der Waals surface area (Å²) >= 11 is 0. The van der Waals surface area contributed by atoms with E-state index in [-0.39, 0.29) is 6.10 Å². The van der Waals surface area contributed by atoms with Crippen molar-refractivity contribution in [1.82, 2.24) is 0 Å². The molecule has 0 radical (unpaired) electrons. The van der Waals surface area contributed by atoms with Crippen LogP contribution in [0.25, 0.3) is 0 Å². The Labute approximate surface area is 90.2 Å². The first-order chi connectivity index (χ1) is 6.67.